The molecule has 0 aliphatic heterocycles. The molecule has 0 bridgehead atoms. The van der Waals surface area contributed by atoms with E-state index >= 15 is 0 Å². The third-order valence-corrected chi connectivity index (χ3v) is 5.01. The minimum atomic E-state index is -0.403. The molecule has 0 aliphatic rings. The lowest BCUT2D eigenvalue weighted by atomic mass is 10.0. The van der Waals surface area contributed by atoms with Crippen LogP contribution in [0.5, 0.6) is 5.75 Å². The van der Waals surface area contributed by atoms with Crippen molar-refractivity contribution in [2.24, 2.45) is 0 Å². The van der Waals surface area contributed by atoms with E-state index in [0.717, 1.165) is 16.6 Å². The number of pyridine rings is 1. The van der Waals surface area contributed by atoms with Crippen LogP contribution in [-0.2, 0) is 0 Å². The highest BCUT2D eigenvalue weighted by Crippen LogP contribution is 2.27. The molecule has 1 N–H and O–H groups in total. The number of carbonyl (C=O) groups is 2. The summed E-state index contributed by atoms with van der Waals surface area (Å²) in [5.74, 6) is -0.747. The van der Waals surface area contributed by atoms with Crippen molar-refractivity contribution in [1.29, 1.82) is 0 Å². The second kappa shape index (κ2) is 7.79. The van der Waals surface area contributed by atoms with Crippen LogP contribution in [0.2, 0.25) is 0 Å². The molecule has 0 radical (unpaired) electrons. The summed E-state index contributed by atoms with van der Waals surface area (Å²) in [5.41, 5.74) is 3.58. The van der Waals surface area contributed by atoms with Gasteiger partial charge in [0.2, 0.25) is 5.78 Å². The number of halogens is 1. The second-order valence-corrected chi connectivity index (χ2v) is 6.92. The number of ketones is 2. The maximum atomic E-state index is 13.3. The van der Waals surface area contributed by atoms with Crippen LogP contribution in [-0.4, -0.2) is 21.1 Å². The molecule has 2 aromatic carbocycles. The first kappa shape index (κ1) is 19.3. The predicted octanol–water partition coefficient (Wildman–Crippen LogP) is 5.22. The number of fused-ring (bicyclic) bond motifs is 1. The van der Waals surface area contributed by atoms with E-state index in [9.17, 15) is 19.1 Å². The molecule has 148 valence electrons. The smallest absolute Gasteiger partial charge is 0.210 e. The molecule has 0 amide bonds. The minimum absolute atomic E-state index is 0.0914. The minimum Gasteiger partial charge on any atom is -0.508 e. The van der Waals surface area contributed by atoms with Crippen LogP contribution in [0.3, 0.4) is 0 Å². The standard InChI is InChI=1S/C25H18FNO3/c1-16-21(13-14-23(29)17-7-11-20(28)12-8-17)22-4-2-3-15-27(22)24(16)25(30)18-5-9-19(26)10-6-18/h2-15,28H,1H3/b14-13+. The Morgan fingerprint density at radius 2 is 1.60 bits per heavy atom. The second-order valence-electron chi connectivity index (χ2n) is 6.92. The number of phenols is 1. The SMILES string of the molecule is Cc1c(/C=C/C(=O)c2ccc(O)cc2)c2ccccn2c1C(=O)c1ccc(F)cc1. The first-order valence-electron chi connectivity index (χ1n) is 9.37. The Kier molecular flexibility index (Phi) is 5.02. The molecule has 0 saturated heterocycles. The van der Waals surface area contributed by atoms with Gasteiger partial charge in [0.15, 0.2) is 5.78 Å². The van der Waals surface area contributed by atoms with Gasteiger partial charge in [-0.25, -0.2) is 4.39 Å². The van der Waals surface area contributed by atoms with E-state index in [0.29, 0.717) is 16.8 Å². The van der Waals surface area contributed by atoms with Crippen molar-refractivity contribution in [3.63, 3.8) is 0 Å². The highest BCUT2D eigenvalue weighted by atomic mass is 19.1. The zero-order chi connectivity index (χ0) is 21.3. The first-order chi connectivity index (χ1) is 14.5. The highest BCUT2D eigenvalue weighted by Gasteiger charge is 2.20. The summed E-state index contributed by atoms with van der Waals surface area (Å²) in [7, 11) is 0. The van der Waals surface area contributed by atoms with Gasteiger partial charge in [-0.2, -0.15) is 0 Å². The van der Waals surface area contributed by atoms with Gasteiger partial charge in [-0.3, -0.25) is 9.59 Å². The zero-order valence-electron chi connectivity index (χ0n) is 16.2. The highest BCUT2D eigenvalue weighted by molar-refractivity contribution is 6.11. The first-order valence-corrected chi connectivity index (χ1v) is 9.37. The number of aromatic hydroxyl groups is 1. The molecule has 4 nitrogen and oxygen atoms in total. The number of benzene rings is 2. The molecule has 0 saturated carbocycles. The number of allylic oxidation sites excluding steroid dienone is 1. The van der Waals surface area contributed by atoms with E-state index in [1.54, 1.807) is 28.8 Å². The fourth-order valence-corrected chi connectivity index (χ4v) is 3.47. The van der Waals surface area contributed by atoms with Gasteiger partial charge in [-0.15, -0.1) is 0 Å². The molecule has 2 heterocycles. The van der Waals surface area contributed by atoms with Gasteiger partial charge in [0.25, 0.3) is 0 Å². The zero-order valence-corrected chi connectivity index (χ0v) is 16.2. The lowest BCUT2D eigenvalue weighted by molar-refractivity contribution is 0.102. The molecule has 0 aliphatic carbocycles. The lowest BCUT2D eigenvalue weighted by Gasteiger charge is -2.04. The average molecular weight is 399 g/mol. The molecule has 4 rings (SSSR count). The molecule has 4 aromatic rings. The van der Waals surface area contributed by atoms with Crippen LogP contribution in [0.4, 0.5) is 4.39 Å². The lowest BCUT2D eigenvalue weighted by Crippen LogP contribution is -2.06. The molecule has 0 atom stereocenters. The van der Waals surface area contributed by atoms with Gasteiger partial charge >= 0.3 is 0 Å². The fraction of sp³-hybridized carbons (Fsp3) is 0.0400. The Labute approximate surface area is 172 Å². The molecule has 0 unspecified atom stereocenters. The van der Waals surface area contributed by atoms with E-state index in [1.807, 2.05) is 25.1 Å². The Hall–Kier alpha value is -3.99. The molecule has 0 spiro atoms. The molecule has 2 aromatic heterocycles. The van der Waals surface area contributed by atoms with Crippen LogP contribution in [0, 0.1) is 12.7 Å². The van der Waals surface area contributed by atoms with E-state index in [4.69, 9.17) is 0 Å². The van der Waals surface area contributed by atoms with Crippen molar-refractivity contribution in [2.75, 3.05) is 0 Å². The Morgan fingerprint density at radius 3 is 2.30 bits per heavy atom. The summed E-state index contributed by atoms with van der Waals surface area (Å²) in [5, 5.41) is 9.38. The topological polar surface area (TPSA) is 58.8 Å². The summed E-state index contributed by atoms with van der Waals surface area (Å²) in [6, 6.07) is 17.0. The van der Waals surface area contributed by atoms with Crippen molar-refractivity contribution >= 4 is 23.2 Å². The average Bonchev–Trinajstić information content (AvgIpc) is 3.03. The molecule has 30 heavy (non-hydrogen) atoms. The summed E-state index contributed by atoms with van der Waals surface area (Å²) in [6.07, 6.45) is 4.94. The van der Waals surface area contributed by atoms with Gasteiger partial charge in [0.1, 0.15) is 11.6 Å². The van der Waals surface area contributed by atoms with Crippen LogP contribution in [0.15, 0.2) is 79.0 Å². The largest absolute Gasteiger partial charge is 0.508 e. The maximum absolute atomic E-state index is 13.3. The number of aromatic nitrogens is 1. The molecule has 0 fully saturated rings. The van der Waals surface area contributed by atoms with E-state index < -0.39 is 5.82 Å². The Morgan fingerprint density at radius 1 is 0.933 bits per heavy atom. The maximum Gasteiger partial charge on any atom is 0.210 e. The third kappa shape index (κ3) is 3.53. The van der Waals surface area contributed by atoms with E-state index in [-0.39, 0.29) is 17.3 Å². The summed E-state index contributed by atoms with van der Waals surface area (Å²) < 4.78 is 15.0. The number of rotatable bonds is 5. The summed E-state index contributed by atoms with van der Waals surface area (Å²) in [6.45, 7) is 1.83. The van der Waals surface area contributed by atoms with Crippen molar-refractivity contribution < 1.29 is 19.1 Å². The normalized spacial score (nSPS) is 11.3. The number of hydrogen-bond acceptors (Lipinski definition) is 3. The van der Waals surface area contributed by atoms with Crippen LogP contribution in [0.1, 0.15) is 37.5 Å². The van der Waals surface area contributed by atoms with Crippen molar-refractivity contribution in [2.45, 2.75) is 6.92 Å². The summed E-state index contributed by atoms with van der Waals surface area (Å²) >= 11 is 0. The van der Waals surface area contributed by atoms with Crippen LogP contribution in [0.25, 0.3) is 11.6 Å². The van der Waals surface area contributed by atoms with Gasteiger partial charge in [0, 0.05) is 22.9 Å². The molecular formula is C25H18FNO3. The Balaban J connectivity index is 1.77. The molecule has 5 heteroatoms. The Bertz CT molecular complexity index is 1280. The van der Waals surface area contributed by atoms with Crippen molar-refractivity contribution in [3.05, 3.63) is 113 Å². The monoisotopic (exact) mass is 399 g/mol. The summed E-state index contributed by atoms with van der Waals surface area (Å²) in [4.78, 5) is 25.6. The van der Waals surface area contributed by atoms with Crippen molar-refractivity contribution in [1.82, 2.24) is 4.40 Å². The quantitative estimate of drug-likeness (QED) is 0.370. The van der Waals surface area contributed by atoms with Gasteiger partial charge < -0.3 is 9.51 Å². The number of phenolic OH excluding ortho intramolecular Hbond substituents is 1. The van der Waals surface area contributed by atoms with Crippen molar-refractivity contribution in [3.8, 4) is 5.75 Å². The van der Waals surface area contributed by atoms with Gasteiger partial charge in [-0.05, 0) is 85.3 Å². The van der Waals surface area contributed by atoms with E-state index in [2.05, 4.69) is 0 Å². The number of nitrogens with zero attached hydrogens (tertiary/aromatic N) is 1. The van der Waals surface area contributed by atoms with Crippen LogP contribution >= 0.6 is 0 Å². The fourth-order valence-electron chi connectivity index (χ4n) is 3.47. The number of hydrogen-bond donors (Lipinski definition) is 1. The van der Waals surface area contributed by atoms with Crippen LogP contribution < -0.4 is 0 Å². The third-order valence-electron chi connectivity index (χ3n) is 5.01. The predicted molar refractivity (Wildman–Crippen MR) is 113 cm³/mol. The van der Waals surface area contributed by atoms with Gasteiger partial charge in [-0.1, -0.05) is 6.07 Å². The molecular weight excluding hydrogens is 381 g/mol. The van der Waals surface area contributed by atoms with Gasteiger partial charge in [0.05, 0.1) is 11.2 Å². The van der Waals surface area contributed by atoms with E-state index in [1.165, 1.54) is 42.5 Å². The number of carbonyl (C=O) groups excluding carboxylic acids is 2.